The molecule has 0 aliphatic rings. The second-order valence-electron chi connectivity index (χ2n) is 3.14. The minimum Gasteiger partial charge on any atom is -0.220 e. The molecule has 2 rings (SSSR count). The van der Waals surface area contributed by atoms with Crippen LogP contribution in [0.15, 0.2) is 30.5 Å². The van der Waals surface area contributed by atoms with E-state index >= 15 is 0 Å². The van der Waals surface area contributed by atoms with Crippen LogP contribution in [0.5, 0.6) is 0 Å². The van der Waals surface area contributed by atoms with Gasteiger partial charge in [0.2, 0.25) is 0 Å². The second-order valence-corrected chi connectivity index (χ2v) is 3.14. The van der Waals surface area contributed by atoms with Crippen molar-refractivity contribution in [3.8, 4) is 5.69 Å². The lowest BCUT2D eigenvalue weighted by atomic mass is 10.2. The molecule has 0 saturated carbocycles. The first-order chi connectivity index (χ1) is 7.25. The van der Waals surface area contributed by atoms with Gasteiger partial charge in [0, 0.05) is 0 Å². The Morgan fingerprint density at radius 2 is 1.60 bits per heavy atom. The Balaban J connectivity index is 0.000000531. The van der Waals surface area contributed by atoms with Crippen LogP contribution >= 0.6 is 0 Å². The smallest absolute Gasteiger partial charge is 0.0800 e. The molecule has 0 saturated heterocycles. The first kappa shape index (κ1) is 11.4. The number of rotatable bonds is 1. The fourth-order valence-corrected chi connectivity index (χ4v) is 1.17. The molecular weight excluding hydrogens is 186 g/mol. The molecule has 2 aromatic rings. The normalized spacial score (nSPS) is 9.33. The second kappa shape index (κ2) is 5.29. The highest BCUT2D eigenvalue weighted by atomic mass is 15.4. The molecular formula is C12H17N3. The largest absolute Gasteiger partial charge is 0.220 e. The fraction of sp³-hybridized carbons (Fsp3) is 0.333. The Labute approximate surface area is 90.7 Å². The predicted octanol–water partition coefficient (Wildman–Crippen LogP) is 2.91. The minimum absolute atomic E-state index is 0.931. The summed E-state index contributed by atoms with van der Waals surface area (Å²) in [4.78, 5) is 0. The highest BCUT2D eigenvalue weighted by Crippen LogP contribution is 2.07. The summed E-state index contributed by atoms with van der Waals surface area (Å²) in [5, 5.41) is 7.91. The number of hydrogen-bond acceptors (Lipinski definition) is 2. The molecule has 0 unspecified atom stereocenters. The third kappa shape index (κ3) is 2.91. The van der Waals surface area contributed by atoms with E-state index in [1.807, 2.05) is 39.1 Å². The predicted molar refractivity (Wildman–Crippen MR) is 62.2 cm³/mol. The molecule has 15 heavy (non-hydrogen) atoms. The molecule has 0 radical (unpaired) electrons. The molecule has 0 amide bonds. The first-order valence-corrected chi connectivity index (χ1v) is 5.22. The van der Waals surface area contributed by atoms with E-state index in [0.717, 1.165) is 11.4 Å². The zero-order valence-corrected chi connectivity index (χ0v) is 9.73. The molecule has 0 atom stereocenters. The molecule has 1 aromatic heterocycles. The van der Waals surface area contributed by atoms with Gasteiger partial charge in [-0.15, -0.1) is 5.10 Å². The van der Waals surface area contributed by atoms with Gasteiger partial charge in [-0.05, 0) is 26.0 Å². The lowest BCUT2D eigenvalue weighted by Gasteiger charge is -1.99. The SMILES string of the molecule is CC.Cc1ccc(-n2cc(C)nn2)cc1. The van der Waals surface area contributed by atoms with Crippen LogP contribution in [0.2, 0.25) is 0 Å². The van der Waals surface area contributed by atoms with E-state index in [2.05, 4.69) is 29.4 Å². The molecule has 0 bridgehead atoms. The Kier molecular flexibility index (Phi) is 4.03. The van der Waals surface area contributed by atoms with E-state index in [-0.39, 0.29) is 0 Å². The maximum atomic E-state index is 3.98. The Bertz CT molecular complexity index is 401. The van der Waals surface area contributed by atoms with Crippen molar-refractivity contribution in [2.45, 2.75) is 27.7 Å². The van der Waals surface area contributed by atoms with Crippen LogP contribution in [-0.2, 0) is 0 Å². The number of aryl methyl sites for hydroxylation is 2. The Morgan fingerprint density at radius 3 is 2.07 bits per heavy atom. The first-order valence-electron chi connectivity index (χ1n) is 5.22. The van der Waals surface area contributed by atoms with Gasteiger partial charge in [0.25, 0.3) is 0 Å². The maximum absolute atomic E-state index is 3.98. The summed E-state index contributed by atoms with van der Waals surface area (Å²) < 4.78 is 1.77. The third-order valence-corrected chi connectivity index (χ3v) is 1.91. The summed E-state index contributed by atoms with van der Waals surface area (Å²) >= 11 is 0. The lowest BCUT2D eigenvalue weighted by molar-refractivity contribution is 0.800. The number of aromatic nitrogens is 3. The average Bonchev–Trinajstić information content (AvgIpc) is 2.69. The van der Waals surface area contributed by atoms with Crippen LogP contribution in [0.3, 0.4) is 0 Å². The third-order valence-electron chi connectivity index (χ3n) is 1.91. The van der Waals surface area contributed by atoms with Crippen LogP contribution in [0.1, 0.15) is 25.1 Å². The van der Waals surface area contributed by atoms with Crippen molar-refractivity contribution in [2.24, 2.45) is 0 Å². The summed E-state index contributed by atoms with van der Waals surface area (Å²) in [5.41, 5.74) is 3.23. The zero-order chi connectivity index (χ0) is 11.3. The van der Waals surface area contributed by atoms with Crippen LogP contribution in [0.4, 0.5) is 0 Å². The summed E-state index contributed by atoms with van der Waals surface area (Å²) in [6.45, 7) is 7.99. The zero-order valence-electron chi connectivity index (χ0n) is 9.73. The Hall–Kier alpha value is -1.64. The van der Waals surface area contributed by atoms with E-state index in [1.165, 1.54) is 5.56 Å². The van der Waals surface area contributed by atoms with Gasteiger partial charge in [-0.25, -0.2) is 4.68 Å². The van der Waals surface area contributed by atoms with Crippen molar-refractivity contribution >= 4 is 0 Å². The minimum atomic E-state index is 0.931. The molecule has 0 spiro atoms. The highest BCUT2D eigenvalue weighted by molar-refractivity contribution is 5.33. The maximum Gasteiger partial charge on any atom is 0.0800 e. The van der Waals surface area contributed by atoms with E-state index < -0.39 is 0 Å². The van der Waals surface area contributed by atoms with Crippen molar-refractivity contribution in [3.63, 3.8) is 0 Å². The van der Waals surface area contributed by atoms with E-state index in [4.69, 9.17) is 0 Å². The highest BCUT2D eigenvalue weighted by Gasteiger charge is 1.97. The Morgan fingerprint density at radius 1 is 1.00 bits per heavy atom. The summed E-state index contributed by atoms with van der Waals surface area (Å²) in [7, 11) is 0. The van der Waals surface area contributed by atoms with Gasteiger partial charge in [-0.3, -0.25) is 0 Å². The fourth-order valence-electron chi connectivity index (χ4n) is 1.17. The van der Waals surface area contributed by atoms with Crippen molar-refractivity contribution in [3.05, 3.63) is 41.7 Å². The van der Waals surface area contributed by atoms with Crippen molar-refractivity contribution in [1.82, 2.24) is 15.0 Å². The van der Waals surface area contributed by atoms with Crippen LogP contribution in [-0.4, -0.2) is 15.0 Å². The quantitative estimate of drug-likeness (QED) is 0.713. The summed E-state index contributed by atoms with van der Waals surface area (Å²) in [6, 6.07) is 8.19. The van der Waals surface area contributed by atoms with E-state index in [9.17, 15) is 0 Å². The topological polar surface area (TPSA) is 30.7 Å². The average molecular weight is 203 g/mol. The van der Waals surface area contributed by atoms with Crippen molar-refractivity contribution < 1.29 is 0 Å². The molecule has 0 N–H and O–H groups in total. The van der Waals surface area contributed by atoms with Gasteiger partial charge in [0.05, 0.1) is 17.6 Å². The number of benzene rings is 1. The van der Waals surface area contributed by atoms with E-state index in [1.54, 1.807) is 4.68 Å². The monoisotopic (exact) mass is 203 g/mol. The van der Waals surface area contributed by atoms with Gasteiger partial charge in [-0.1, -0.05) is 36.8 Å². The number of nitrogens with zero attached hydrogens (tertiary/aromatic N) is 3. The van der Waals surface area contributed by atoms with Gasteiger partial charge >= 0.3 is 0 Å². The van der Waals surface area contributed by atoms with Gasteiger partial charge in [0.15, 0.2) is 0 Å². The van der Waals surface area contributed by atoms with Gasteiger partial charge in [-0.2, -0.15) is 0 Å². The van der Waals surface area contributed by atoms with Gasteiger partial charge < -0.3 is 0 Å². The molecule has 1 heterocycles. The number of hydrogen-bond donors (Lipinski definition) is 0. The molecule has 3 nitrogen and oxygen atoms in total. The molecule has 1 aromatic carbocycles. The van der Waals surface area contributed by atoms with Crippen LogP contribution in [0.25, 0.3) is 5.69 Å². The summed E-state index contributed by atoms with van der Waals surface area (Å²) in [6.07, 6.45) is 1.91. The lowest BCUT2D eigenvalue weighted by Crippen LogP contribution is -1.94. The van der Waals surface area contributed by atoms with Crippen LogP contribution < -0.4 is 0 Å². The molecule has 0 aliphatic heterocycles. The molecule has 0 aliphatic carbocycles. The van der Waals surface area contributed by atoms with Crippen molar-refractivity contribution in [1.29, 1.82) is 0 Å². The molecule has 3 heteroatoms. The van der Waals surface area contributed by atoms with Crippen molar-refractivity contribution in [2.75, 3.05) is 0 Å². The van der Waals surface area contributed by atoms with Crippen LogP contribution in [0, 0.1) is 13.8 Å². The summed E-state index contributed by atoms with van der Waals surface area (Å²) in [5.74, 6) is 0. The molecule has 80 valence electrons. The van der Waals surface area contributed by atoms with E-state index in [0.29, 0.717) is 0 Å². The molecule has 0 fully saturated rings. The standard InChI is InChI=1S/C10H11N3.C2H6/c1-8-3-5-10(6-4-8)13-7-9(2)11-12-13;1-2/h3-7H,1-2H3;1-2H3. The van der Waals surface area contributed by atoms with Gasteiger partial charge in [0.1, 0.15) is 0 Å².